The van der Waals surface area contributed by atoms with Crippen molar-refractivity contribution < 1.29 is 14.6 Å². The lowest BCUT2D eigenvalue weighted by Gasteiger charge is -2.20. The van der Waals surface area contributed by atoms with Crippen LogP contribution < -0.4 is 10.1 Å². The van der Waals surface area contributed by atoms with E-state index < -0.39 is 12.2 Å². The number of rotatable bonds is 5. The second kappa shape index (κ2) is 6.94. The van der Waals surface area contributed by atoms with Gasteiger partial charge in [-0.25, -0.2) is 0 Å². The third-order valence-electron chi connectivity index (χ3n) is 4.04. The minimum atomic E-state index is -0.567. The second-order valence-corrected chi connectivity index (χ2v) is 6.10. The maximum atomic E-state index is 12.1. The van der Waals surface area contributed by atoms with Gasteiger partial charge in [0, 0.05) is 0 Å². The van der Waals surface area contributed by atoms with Gasteiger partial charge in [0.1, 0.15) is 5.75 Å². The molecule has 116 valence electrons. The van der Waals surface area contributed by atoms with Crippen molar-refractivity contribution in [3.63, 3.8) is 0 Å². The molecule has 0 heterocycles. The highest BCUT2D eigenvalue weighted by Crippen LogP contribution is 2.21. The Hall–Kier alpha value is -1.55. The molecule has 0 aliphatic heterocycles. The number of hydrogen-bond acceptors (Lipinski definition) is 3. The van der Waals surface area contributed by atoms with Crippen LogP contribution in [0, 0.1) is 0 Å². The minimum Gasteiger partial charge on any atom is -0.481 e. The zero-order chi connectivity index (χ0) is 15.4. The van der Waals surface area contributed by atoms with E-state index in [0.29, 0.717) is 11.7 Å². The van der Waals surface area contributed by atoms with Gasteiger partial charge in [-0.15, -0.1) is 0 Å². The van der Waals surface area contributed by atoms with Crippen LogP contribution in [0.5, 0.6) is 5.75 Å². The molecule has 1 amide bonds. The van der Waals surface area contributed by atoms with E-state index in [-0.39, 0.29) is 11.9 Å². The number of nitrogens with one attached hydrogen (secondary N) is 1. The van der Waals surface area contributed by atoms with Gasteiger partial charge < -0.3 is 15.2 Å². The van der Waals surface area contributed by atoms with Crippen molar-refractivity contribution in [2.75, 3.05) is 0 Å². The first-order valence-corrected chi connectivity index (χ1v) is 7.72. The van der Waals surface area contributed by atoms with Crippen molar-refractivity contribution in [3.05, 3.63) is 29.8 Å². The van der Waals surface area contributed by atoms with Crippen LogP contribution in [0.4, 0.5) is 0 Å². The Kier molecular flexibility index (Phi) is 5.23. The smallest absolute Gasteiger partial charge is 0.261 e. The number of ether oxygens (including phenoxy) is 1. The average molecular weight is 291 g/mol. The third-order valence-corrected chi connectivity index (χ3v) is 4.04. The lowest BCUT2D eigenvalue weighted by atomic mass is 10.0. The van der Waals surface area contributed by atoms with E-state index in [1.807, 2.05) is 24.3 Å². The SMILES string of the molecule is CC(Oc1ccc(C(C)C)cc1)C(=O)NC1CCCC1O. The summed E-state index contributed by atoms with van der Waals surface area (Å²) in [6.07, 6.45) is 1.56. The summed E-state index contributed by atoms with van der Waals surface area (Å²) in [5.74, 6) is 0.992. The maximum absolute atomic E-state index is 12.1. The topological polar surface area (TPSA) is 58.6 Å². The Morgan fingerprint density at radius 3 is 2.43 bits per heavy atom. The van der Waals surface area contributed by atoms with E-state index in [4.69, 9.17) is 4.74 Å². The van der Waals surface area contributed by atoms with Gasteiger partial charge in [-0.2, -0.15) is 0 Å². The molecule has 0 aromatic heterocycles. The lowest BCUT2D eigenvalue weighted by Crippen LogP contribution is -2.45. The highest BCUT2D eigenvalue weighted by Gasteiger charge is 2.28. The molecule has 0 radical (unpaired) electrons. The van der Waals surface area contributed by atoms with E-state index in [1.54, 1.807) is 6.92 Å². The first kappa shape index (κ1) is 15.8. The third kappa shape index (κ3) is 4.21. The molecule has 21 heavy (non-hydrogen) atoms. The van der Waals surface area contributed by atoms with Gasteiger partial charge in [0.05, 0.1) is 12.1 Å². The van der Waals surface area contributed by atoms with Gasteiger partial charge in [-0.1, -0.05) is 26.0 Å². The monoisotopic (exact) mass is 291 g/mol. The van der Waals surface area contributed by atoms with Crippen molar-refractivity contribution in [3.8, 4) is 5.75 Å². The van der Waals surface area contributed by atoms with Gasteiger partial charge in [-0.05, 0) is 49.8 Å². The maximum Gasteiger partial charge on any atom is 0.261 e. The molecule has 0 saturated heterocycles. The predicted molar refractivity (Wildman–Crippen MR) is 82.4 cm³/mol. The van der Waals surface area contributed by atoms with Crippen LogP contribution in [0.2, 0.25) is 0 Å². The molecule has 1 saturated carbocycles. The summed E-state index contributed by atoms with van der Waals surface area (Å²) in [6.45, 7) is 6.00. The van der Waals surface area contributed by atoms with Crippen molar-refractivity contribution >= 4 is 5.91 Å². The Balaban J connectivity index is 1.88. The number of aliphatic hydroxyl groups excluding tert-OH is 1. The van der Waals surface area contributed by atoms with Gasteiger partial charge in [0.2, 0.25) is 0 Å². The van der Waals surface area contributed by atoms with Crippen molar-refractivity contribution in [1.29, 1.82) is 0 Å². The van der Waals surface area contributed by atoms with Crippen LogP contribution >= 0.6 is 0 Å². The summed E-state index contributed by atoms with van der Waals surface area (Å²) in [7, 11) is 0. The molecule has 3 atom stereocenters. The quantitative estimate of drug-likeness (QED) is 0.876. The highest BCUT2D eigenvalue weighted by molar-refractivity contribution is 5.81. The normalized spacial score (nSPS) is 23.1. The molecular formula is C17H25NO3. The first-order chi connectivity index (χ1) is 9.97. The molecule has 1 aromatic carbocycles. The summed E-state index contributed by atoms with van der Waals surface area (Å²) < 4.78 is 5.66. The molecule has 1 aliphatic carbocycles. The number of aliphatic hydroxyl groups is 1. The standard InChI is InChI=1S/C17H25NO3/c1-11(2)13-7-9-14(10-8-13)21-12(3)17(20)18-15-5-4-6-16(15)19/h7-12,15-16,19H,4-6H2,1-3H3,(H,18,20). The number of amides is 1. The molecule has 4 heteroatoms. The molecule has 1 fully saturated rings. The van der Waals surface area contributed by atoms with Crippen LogP contribution in [-0.4, -0.2) is 29.3 Å². The molecule has 3 unspecified atom stereocenters. The Morgan fingerprint density at radius 2 is 1.90 bits per heavy atom. The van der Waals surface area contributed by atoms with Gasteiger partial charge in [0.15, 0.2) is 6.10 Å². The minimum absolute atomic E-state index is 0.133. The summed E-state index contributed by atoms with van der Waals surface area (Å²) in [6, 6.07) is 7.69. The summed E-state index contributed by atoms with van der Waals surface area (Å²) >= 11 is 0. The van der Waals surface area contributed by atoms with Crippen LogP contribution in [0.1, 0.15) is 51.5 Å². The Morgan fingerprint density at radius 1 is 1.24 bits per heavy atom. The zero-order valence-electron chi connectivity index (χ0n) is 13.0. The molecule has 2 N–H and O–H groups in total. The van der Waals surface area contributed by atoms with Gasteiger partial charge >= 0.3 is 0 Å². The van der Waals surface area contributed by atoms with E-state index >= 15 is 0 Å². The summed E-state index contributed by atoms with van der Waals surface area (Å²) in [5, 5.41) is 12.6. The zero-order valence-corrected chi connectivity index (χ0v) is 13.0. The fourth-order valence-electron chi connectivity index (χ4n) is 2.60. The predicted octanol–water partition coefficient (Wildman–Crippen LogP) is 2.61. The summed E-state index contributed by atoms with van der Waals surface area (Å²) in [4.78, 5) is 12.1. The second-order valence-electron chi connectivity index (χ2n) is 6.10. The molecule has 0 bridgehead atoms. The molecule has 2 rings (SSSR count). The molecular weight excluding hydrogens is 266 g/mol. The van der Waals surface area contributed by atoms with Gasteiger partial charge in [0.25, 0.3) is 5.91 Å². The number of carbonyl (C=O) groups is 1. The van der Waals surface area contributed by atoms with Crippen molar-refractivity contribution in [1.82, 2.24) is 5.32 Å². The number of hydrogen-bond donors (Lipinski definition) is 2. The summed E-state index contributed by atoms with van der Waals surface area (Å²) in [5.41, 5.74) is 1.24. The van der Waals surface area contributed by atoms with Crippen molar-refractivity contribution in [2.24, 2.45) is 0 Å². The van der Waals surface area contributed by atoms with Crippen LogP contribution in [0.15, 0.2) is 24.3 Å². The molecule has 4 nitrogen and oxygen atoms in total. The molecule has 1 aliphatic rings. The van der Waals surface area contributed by atoms with E-state index in [0.717, 1.165) is 19.3 Å². The molecule has 0 spiro atoms. The largest absolute Gasteiger partial charge is 0.481 e. The van der Waals surface area contributed by atoms with Gasteiger partial charge in [-0.3, -0.25) is 4.79 Å². The molecule has 1 aromatic rings. The van der Waals surface area contributed by atoms with Crippen LogP contribution in [0.3, 0.4) is 0 Å². The Labute approximate surface area is 126 Å². The fourth-order valence-corrected chi connectivity index (χ4v) is 2.60. The first-order valence-electron chi connectivity index (χ1n) is 7.72. The van der Waals surface area contributed by atoms with E-state index in [9.17, 15) is 9.90 Å². The average Bonchev–Trinajstić information content (AvgIpc) is 2.84. The Bertz CT molecular complexity index is 469. The van der Waals surface area contributed by atoms with E-state index in [1.165, 1.54) is 5.56 Å². The van der Waals surface area contributed by atoms with E-state index in [2.05, 4.69) is 19.2 Å². The number of benzene rings is 1. The lowest BCUT2D eigenvalue weighted by molar-refractivity contribution is -0.128. The number of carbonyl (C=O) groups excluding carboxylic acids is 1. The van der Waals surface area contributed by atoms with Crippen LogP contribution in [-0.2, 0) is 4.79 Å². The fraction of sp³-hybridized carbons (Fsp3) is 0.588. The van der Waals surface area contributed by atoms with Crippen molar-refractivity contribution in [2.45, 2.75) is 64.2 Å². The highest BCUT2D eigenvalue weighted by atomic mass is 16.5. The van der Waals surface area contributed by atoms with Crippen LogP contribution in [0.25, 0.3) is 0 Å².